The lowest BCUT2D eigenvalue weighted by molar-refractivity contribution is -0.143. The van der Waals surface area contributed by atoms with Gasteiger partial charge in [-0.25, -0.2) is 4.79 Å². The van der Waals surface area contributed by atoms with Gasteiger partial charge in [0, 0.05) is 17.8 Å². The van der Waals surface area contributed by atoms with E-state index in [2.05, 4.69) is 6.92 Å². The molecule has 0 radical (unpaired) electrons. The summed E-state index contributed by atoms with van der Waals surface area (Å²) < 4.78 is 5.88. The van der Waals surface area contributed by atoms with Crippen molar-refractivity contribution in [3.05, 3.63) is 68.5 Å². The maximum Gasteiger partial charge on any atom is 0.328 e. The lowest BCUT2D eigenvalue weighted by Crippen LogP contribution is -2.31. The summed E-state index contributed by atoms with van der Waals surface area (Å²) in [5.74, 6) is -1.06. The van der Waals surface area contributed by atoms with Gasteiger partial charge in [-0.15, -0.1) is 0 Å². The number of nitrogens with one attached hydrogen (secondary N) is 1. The Morgan fingerprint density at radius 2 is 1.83 bits per heavy atom. The Labute approximate surface area is 137 Å². The van der Waals surface area contributed by atoms with Gasteiger partial charge in [0.05, 0.1) is 0 Å². The molecule has 0 aliphatic rings. The lowest BCUT2D eigenvalue weighted by Gasteiger charge is -2.06. The smallest absolute Gasteiger partial charge is 0.328 e. The highest BCUT2D eigenvalue weighted by molar-refractivity contribution is 5.97. The number of aryl methyl sites for hydroxylation is 1. The van der Waals surface area contributed by atoms with Crippen LogP contribution in [0, 0.1) is 0 Å². The average molecular weight is 330 g/mol. The number of ether oxygens (including phenoxy) is 1. The van der Waals surface area contributed by atoms with Crippen molar-refractivity contribution in [1.29, 1.82) is 0 Å². The monoisotopic (exact) mass is 330 g/mol. The molecule has 0 saturated carbocycles. The van der Waals surface area contributed by atoms with Crippen molar-refractivity contribution >= 4 is 11.8 Å². The first-order valence-electron chi connectivity index (χ1n) is 7.57. The number of carbonyl (C=O) groups excluding carboxylic acids is 2. The van der Waals surface area contributed by atoms with E-state index in [1.807, 2.05) is 17.1 Å². The van der Waals surface area contributed by atoms with Crippen molar-refractivity contribution in [3.8, 4) is 0 Å². The summed E-state index contributed by atoms with van der Waals surface area (Å²) in [5, 5.41) is 0. The molecule has 126 valence electrons. The Kier molecular flexibility index (Phi) is 5.83. The SMILES string of the molecule is CCCc1ccc(C(=O)COC(=O)Cn2ccc(=O)[nH]c2=O)cc1. The fourth-order valence-corrected chi connectivity index (χ4v) is 2.13. The largest absolute Gasteiger partial charge is 0.456 e. The molecule has 1 aromatic carbocycles. The second-order valence-electron chi connectivity index (χ2n) is 5.27. The number of carbonyl (C=O) groups is 2. The molecule has 1 N–H and O–H groups in total. The molecule has 0 aliphatic carbocycles. The number of Topliss-reactive ketones (excluding diaryl/α,β-unsaturated/α-hetero) is 1. The second kappa shape index (κ2) is 8.05. The van der Waals surface area contributed by atoms with Gasteiger partial charge in [0.2, 0.25) is 0 Å². The van der Waals surface area contributed by atoms with Crippen LogP contribution < -0.4 is 11.2 Å². The van der Waals surface area contributed by atoms with Gasteiger partial charge in [0.15, 0.2) is 12.4 Å². The quantitative estimate of drug-likeness (QED) is 0.601. The van der Waals surface area contributed by atoms with Gasteiger partial charge >= 0.3 is 11.7 Å². The first-order valence-corrected chi connectivity index (χ1v) is 7.57. The van der Waals surface area contributed by atoms with Crippen LogP contribution in [0.5, 0.6) is 0 Å². The zero-order valence-corrected chi connectivity index (χ0v) is 13.3. The zero-order chi connectivity index (χ0) is 17.5. The Balaban J connectivity index is 1.89. The van der Waals surface area contributed by atoms with E-state index in [4.69, 9.17) is 4.74 Å². The highest BCUT2D eigenvalue weighted by atomic mass is 16.5. The topological polar surface area (TPSA) is 98.2 Å². The summed E-state index contributed by atoms with van der Waals surface area (Å²) in [7, 11) is 0. The van der Waals surface area contributed by atoms with E-state index in [9.17, 15) is 19.2 Å². The molecular weight excluding hydrogens is 312 g/mol. The van der Waals surface area contributed by atoms with Crippen LogP contribution in [0.1, 0.15) is 29.3 Å². The fourth-order valence-electron chi connectivity index (χ4n) is 2.13. The van der Waals surface area contributed by atoms with E-state index in [1.165, 1.54) is 6.20 Å². The number of rotatable bonds is 7. The summed E-state index contributed by atoms with van der Waals surface area (Å²) in [6.07, 6.45) is 3.16. The Hall–Kier alpha value is -2.96. The van der Waals surface area contributed by atoms with Gasteiger partial charge < -0.3 is 4.74 Å². The van der Waals surface area contributed by atoms with Crippen LogP contribution in [0.3, 0.4) is 0 Å². The van der Waals surface area contributed by atoms with Gasteiger partial charge in [-0.2, -0.15) is 0 Å². The number of nitrogens with zero attached hydrogens (tertiary/aromatic N) is 1. The van der Waals surface area contributed by atoms with Crippen LogP contribution in [0.15, 0.2) is 46.1 Å². The van der Waals surface area contributed by atoms with E-state index < -0.39 is 23.8 Å². The van der Waals surface area contributed by atoms with Crippen LogP contribution in [0.25, 0.3) is 0 Å². The zero-order valence-electron chi connectivity index (χ0n) is 13.3. The average Bonchev–Trinajstić information content (AvgIpc) is 2.56. The van der Waals surface area contributed by atoms with Crippen molar-refractivity contribution in [2.24, 2.45) is 0 Å². The Morgan fingerprint density at radius 1 is 1.12 bits per heavy atom. The molecule has 2 rings (SSSR count). The number of aromatic nitrogens is 2. The molecule has 0 unspecified atom stereocenters. The van der Waals surface area contributed by atoms with E-state index >= 15 is 0 Å². The molecule has 2 aromatic rings. The highest BCUT2D eigenvalue weighted by Gasteiger charge is 2.11. The van der Waals surface area contributed by atoms with Crippen molar-refractivity contribution in [3.63, 3.8) is 0 Å². The molecule has 0 spiro atoms. The number of hydrogen-bond acceptors (Lipinski definition) is 5. The lowest BCUT2D eigenvalue weighted by atomic mass is 10.1. The molecule has 0 atom stereocenters. The maximum atomic E-state index is 12.0. The van der Waals surface area contributed by atoms with E-state index in [0.29, 0.717) is 5.56 Å². The normalized spacial score (nSPS) is 10.4. The molecule has 1 aromatic heterocycles. The van der Waals surface area contributed by atoms with Crippen molar-refractivity contribution in [2.75, 3.05) is 6.61 Å². The molecular formula is C17H18N2O5. The predicted molar refractivity (Wildman–Crippen MR) is 87.0 cm³/mol. The standard InChI is InChI=1S/C17H18N2O5/c1-2-3-12-4-6-13(7-5-12)14(20)11-24-16(22)10-19-9-8-15(21)18-17(19)23/h4-9H,2-3,10-11H2,1H3,(H,18,21,23). The van der Waals surface area contributed by atoms with Crippen LogP contribution >= 0.6 is 0 Å². The molecule has 7 heteroatoms. The molecule has 0 aliphatic heterocycles. The van der Waals surface area contributed by atoms with Gasteiger partial charge in [-0.3, -0.25) is 23.9 Å². The minimum Gasteiger partial charge on any atom is -0.456 e. The van der Waals surface area contributed by atoms with Gasteiger partial charge in [0.1, 0.15) is 6.54 Å². The van der Waals surface area contributed by atoms with Crippen LogP contribution in [0.2, 0.25) is 0 Å². The molecule has 24 heavy (non-hydrogen) atoms. The van der Waals surface area contributed by atoms with Crippen LogP contribution in [-0.4, -0.2) is 27.9 Å². The summed E-state index contributed by atoms with van der Waals surface area (Å²) >= 11 is 0. The third kappa shape index (κ3) is 4.77. The molecule has 0 bridgehead atoms. The summed E-state index contributed by atoms with van der Waals surface area (Å²) in [4.78, 5) is 48.1. The molecule has 0 saturated heterocycles. The number of ketones is 1. The molecule has 0 fully saturated rings. The molecule has 7 nitrogen and oxygen atoms in total. The highest BCUT2D eigenvalue weighted by Crippen LogP contribution is 2.07. The maximum absolute atomic E-state index is 12.0. The number of esters is 1. The predicted octanol–water partition coefficient (Wildman–Crippen LogP) is 0.915. The number of H-pyrrole nitrogens is 1. The minimum absolute atomic E-state index is 0.319. The first-order chi connectivity index (χ1) is 11.5. The number of hydrogen-bond donors (Lipinski definition) is 1. The Bertz CT molecular complexity index is 833. The number of benzene rings is 1. The van der Waals surface area contributed by atoms with E-state index in [0.717, 1.165) is 29.0 Å². The third-order valence-corrected chi connectivity index (χ3v) is 3.38. The summed E-state index contributed by atoms with van der Waals surface area (Å²) in [5.41, 5.74) is 0.343. The Morgan fingerprint density at radius 3 is 2.46 bits per heavy atom. The van der Waals surface area contributed by atoms with Gasteiger partial charge in [0.25, 0.3) is 5.56 Å². The van der Waals surface area contributed by atoms with E-state index in [-0.39, 0.29) is 12.3 Å². The second-order valence-corrected chi connectivity index (χ2v) is 5.27. The first kappa shape index (κ1) is 17.4. The van der Waals surface area contributed by atoms with Crippen molar-refractivity contribution < 1.29 is 14.3 Å². The molecule has 0 amide bonds. The van der Waals surface area contributed by atoms with Crippen LogP contribution in [-0.2, 0) is 22.5 Å². The van der Waals surface area contributed by atoms with Crippen molar-refractivity contribution in [2.45, 2.75) is 26.3 Å². The fraction of sp³-hybridized carbons (Fsp3) is 0.294. The van der Waals surface area contributed by atoms with Gasteiger partial charge in [-0.1, -0.05) is 37.6 Å². The van der Waals surface area contributed by atoms with Gasteiger partial charge in [-0.05, 0) is 12.0 Å². The van der Waals surface area contributed by atoms with Crippen LogP contribution in [0.4, 0.5) is 0 Å². The minimum atomic E-state index is -0.736. The summed E-state index contributed by atoms with van der Waals surface area (Å²) in [6, 6.07) is 8.27. The summed E-state index contributed by atoms with van der Waals surface area (Å²) in [6.45, 7) is 1.30. The number of aromatic amines is 1. The van der Waals surface area contributed by atoms with Crippen molar-refractivity contribution in [1.82, 2.24) is 9.55 Å². The molecule has 1 heterocycles. The third-order valence-electron chi connectivity index (χ3n) is 3.38. The van der Waals surface area contributed by atoms with E-state index in [1.54, 1.807) is 12.1 Å².